The van der Waals surface area contributed by atoms with E-state index < -0.39 is 5.82 Å². The Kier molecular flexibility index (Phi) is 3.56. The molecular weight excluding hydrogens is 269 g/mol. The number of rotatable bonds is 2. The van der Waals surface area contributed by atoms with E-state index >= 15 is 0 Å². The summed E-state index contributed by atoms with van der Waals surface area (Å²) < 4.78 is 13.9. The lowest BCUT2D eigenvalue weighted by Crippen LogP contribution is -2.29. The second-order valence-electron chi connectivity index (χ2n) is 5.21. The molecule has 1 aliphatic rings. The van der Waals surface area contributed by atoms with Gasteiger partial charge in [-0.1, -0.05) is 30.3 Å². The third-order valence-electron chi connectivity index (χ3n) is 3.89. The fraction of sp³-hybridized carbons (Fsp3) is 0.250. The molecule has 2 aromatic rings. The van der Waals surface area contributed by atoms with E-state index in [1.807, 2.05) is 18.2 Å². The number of hydrogen-bond donors (Lipinski definition) is 1. The van der Waals surface area contributed by atoms with E-state index in [1.54, 1.807) is 4.90 Å². The molecule has 1 fully saturated rings. The predicted octanol–water partition coefficient (Wildman–Crippen LogP) is 2.43. The Bertz CT molecular complexity index is 660. The number of benzene rings is 1. The summed E-state index contributed by atoms with van der Waals surface area (Å²) >= 11 is 0. The number of carbonyl (C=O) groups excluding carboxylic acids is 1. The highest BCUT2D eigenvalue weighted by atomic mass is 19.1. The number of nitrogens with zero attached hydrogens (tertiary/aromatic N) is 2. The number of aromatic nitrogens is 1. The topological polar surface area (TPSA) is 59.2 Å². The maximum Gasteiger partial charge on any atom is 0.257 e. The average molecular weight is 285 g/mol. The Hall–Kier alpha value is -2.43. The Morgan fingerprint density at radius 2 is 2.05 bits per heavy atom. The van der Waals surface area contributed by atoms with Gasteiger partial charge in [-0.2, -0.15) is 0 Å². The van der Waals surface area contributed by atoms with Crippen LogP contribution in [0.3, 0.4) is 0 Å². The van der Waals surface area contributed by atoms with Crippen LogP contribution in [0, 0.1) is 5.82 Å². The van der Waals surface area contributed by atoms with Crippen LogP contribution < -0.4 is 5.73 Å². The molecule has 21 heavy (non-hydrogen) atoms. The van der Waals surface area contributed by atoms with Crippen molar-refractivity contribution in [2.75, 3.05) is 18.8 Å². The molecule has 4 nitrogen and oxygen atoms in total. The van der Waals surface area contributed by atoms with Gasteiger partial charge in [0.2, 0.25) is 0 Å². The van der Waals surface area contributed by atoms with Crippen LogP contribution in [0.1, 0.15) is 28.3 Å². The standard InChI is InChI=1S/C16H16FN3O/c17-14-13(6-8-19-15(14)18)16(21)20-9-7-12(10-20)11-4-2-1-3-5-11/h1-6,8,12H,7,9-10H2,(H2,18,19). The highest BCUT2D eigenvalue weighted by Crippen LogP contribution is 2.28. The first-order valence-corrected chi connectivity index (χ1v) is 6.91. The highest BCUT2D eigenvalue weighted by Gasteiger charge is 2.29. The summed E-state index contributed by atoms with van der Waals surface area (Å²) in [7, 11) is 0. The van der Waals surface area contributed by atoms with E-state index in [0.29, 0.717) is 19.0 Å². The van der Waals surface area contributed by atoms with Crippen molar-refractivity contribution >= 4 is 11.7 Å². The molecule has 0 spiro atoms. The first kappa shape index (κ1) is 13.5. The number of amides is 1. The summed E-state index contributed by atoms with van der Waals surface area (Å²) in [6.45, 7) is 1.23. The molecule has 3 rings (SSSR count). The third-order valence-corrected chi connectivity index (χ3v) is 3.89. The molecule has 1 amide bonds. The normalized spacial score (nSPS) is 18.0. The number of hydrogen-bond acceptors (Lipinski definition) is 3. The van der Waals surface area contributed by atoms with Crippen LogP contribution in [0.15, 0.2) is 42.6 Å². The quantitative estimate of drug-likeness (QED) is 0.922. The number of nitrogen functional groups attached to an aromatic ring is 1. The summed E-state index contributed by atoms with van der Waals surface area (Å²) in [4.78, 5) is 17.7. The van der Waals surface area contributed by atoms with Crippen LogP contribution in [0.2, 0.25) is 0 Å². The third kappa shape index (κ3) is 2.59. The first-order chi connectivity index (χ1) is 10.2. The second-order valence-corrected chi connectivity index (χ2v) is 5.21. The smallest absolute Gasteiger partial charge is 0.257 e. The van der Waals surface area contributed by atoms with Crippen molar-refractivity contribution < 1.29 is 9.18 Å². The Morgan fingerprint density at radius 3 is 2.81 bits per heavy atom. The van der Waals surface area contributed by atoms with Crippen molar-refractivity contribution in [3.05, 3.63) is 59.5 Å². The fourth-order valence-corrected chi connectivity index (χ4v) is 2.74. The van der Waals surface area contributed by atoms with E-state index in [1.165, 1.54) is 17.8 Å². The molecule has 1 atom stereocenters. The molecule has 1 aromatic carbocycles. The van der Waals surface area contributed by atoms with Crippen LogP contribution in [0.4, 0.5) is 10.2 Å². The maximum absolute atomic E-state index is 13.9. The van der Waals surface area contributed by atoms with Gasteiger partial charge in [-0.15, -0.1) is 0 Å². The molecule has 0 radical (unpaired) electrons. The molecule has 1 aromatic heterocycles. The second kappa shape index (κ2) is 5.52. The zero-order valence-electron chi connectivity index (χ0n) is 11.5. The molecule has 1 unspecified atom stereocenters. The van der Waals surface area contributed by atoms with Crippen molar-refractivity contribution in [3.8, 4) is 0 Å². The van der Waals surface area contributed by atoms with E-state index in [4.69, 9.17) is 5.73 Å². The summed E-state index contributed by atoms with van der Waals surface area (Å²) in [6, 6.07) is 11.4. The van der Waals surface area contributed by atoms with Gasteiger partial charge in [-0.05, 0) is 18.1 Å². The van der Waals surface area contributed by atoms with E-state index in [2.05, 4.69) is 17.1 Å². The van der Waals surface area contributed by atoms with Crippen LogP contribution in [-0.2, 0) is 0 Å². The summed E-state index contributed by atoms with van der Waals surface area (Å²) in [5.41, 5.74) is 6.63. The van der Waals surface area contributed by atoms with Gasteiger partial charge < -0.3 is 10.6 Å². The van der Waals surface area contributed by atoms with Gasteiger partial charge in [-0.3, -0.25) is 4.79 Å². The van der Waals surface area contributed by atoms with Gasteiger partial charge in [-0.25, -0.2) is 9.37 Å². The van der Waals surface area contributed by atoms with Crippen molar-refractivity contribution in [2.45, 2.75) is 12.3 Å². The van der Waals surface area contributed by atoms with Gasteiger partial charge in [0.25, 0.3) is 5.91 Å². The minimum atomic E-state index is -0.731. The van der Waals surface area contributed by atoms with Crippen molar-refractivity contribution in [1.29, 1.82) is 0 Å². The van der Waals surface area contributed by atoms with Crippen molar-refractivity contribution in [3.63, 3.8) is 0 Å². The minimum absolute atomic E-state index is 0.00351. The summed E-state index contributed by atoms with van der Waals surface area (Å²) in [5.74, 6) is -0.984. The van der Waals surface area contributed by atoms with Crippen molar-refractivity contribution in [2.24, 2.45) is 0 Å². The summed E-state index contributed by atoms with van der Waals surface area (Å²) in [6.07, 6.45) is 2.24. The van der Waals surface area contributed by atoms with Crippen LogP contribution in [0.5, 0.6) is 0 Å². The monoisotopic (exact) mass is 285 g/mol. The zero-order chi connectivity index (χ0) is 14.8. The zero-order valence-corrected chi connectivity index (χ0v) is 11.5. The number of halogens is 1. The highest BCUT2D eigenvalue weighted by molar-refractivity contribution is 5.95. The van der Waals surface area contributed by atoms with Crippen LogP contribution >= 0.6 is 0 Å². The van der Waals surface area contributed by atoms with Crippen LogP contribution in [0.25, 0.3) is 0 Å². The molecule has 2 heterocycles. The van der Waals surface area contributed by atoms with Crippen LogP contribution in [-0.4, -0.2) is 28.9 Å². The Balaban J connectivity index is 1.77. The molecule has 2 N–H and O–H groups in total. The molecule has 0 saturated carbocycles. The SMILES string of the molecule is Nc1nccc(C(=O)N2CCC(c3ccccc3)C2)c1F. The van der Waals surface area contributed by atoms with Gasteiger partial charge in [0.15, 0.2) is 11.6 Å². The number of nitrogens with two attached hydrogens (primary N) is 1. The lowest BCUT2D eigenvalue weighted by molar-refractivity contribution is 0.0786. The Morgan fingerprint density at radius 1 is 1.29 bits per heavy atom. The number of carbonyl (C=O) groups is 1. The van der Waals surface area contributed by atoms with Gasteiger partial charge in [0, 0.05) is 25.2 Å². The van der Waals surface area contributed by atoms with E-state index in [9.17, 15) is 9.18 Å². The molecule has 1 saturated heterocycles. The maximum atomic E-state index is 13.9. The largest absolute Gasteiger partial charge is 0.381 e. The minimum Gasteiger partial charge on any atom is -0.381 e. The lowest BCUT2D eigenvalue weighted by Gasteiger charge is -2.17. The molecule has 1 aliphatic heterocycles. The Labute approximate surface area is 122 Å². The fourth-order valence-electron chi connectivity index (χ4n) is 2.74. The average Bonchev–Trinajstić information content (AvgIpc) is 3.00. The first-order valence-electron chi connectivity index (χ1n) is 6.91. The lowest BCUT2D eigenvalue weighted by atomic mass is 9.99. The van der Waals surface area contributed by atoms with Gasteiger partial charge in [0.1, 0.15) is 0 Å². The molecule has 0 bridgehead atoms. The van der Waals surface area contributed by atoms with E-state index in [0.717, 1.165) is 6.42 Å². The predicted molar refractivity (Wildman–Crippen MR) is 78.3 cm³/mol. The van der Waals surface area contributed by atoms with E-state index in [-0.39, 0.29) is 17.3 Å². The van der Waals surface area contributed by atoms with Crippen molar-refractivity contribution in [1.82, 2.24) is 9.88 Å². The molecular formula is C16H16FN3O. The number of pyridine rings is 1. The molecule has 108 valence electrons. The molecule has 0 aliphatic carbocycles. The van der Waals surface area contributed by atoms with Gasteiger partial charge >= 0.3 is 0 Å². The number of likely N-dealkylation sites (tertiary alicyclic amines) is 1. The summed E-state index contributed by atoms with van der Waals surface area (Å²) in [5, 5.41) is 0. The number of anilines is 1. The molecule has 5 heteroatoms. The van der Waals surface area contributed by atoms with Gasteiger partial charge in [0.05, 0.1) is 5.56 Å².